The zero-order valence-corrected chi connectivity index (χ0v) is 12.9. The average Bonchev–Trinajstić information content (AvgIpc) is 2.90. The Morgan fingerprint density at radius 2 is 2.24 bits per heavy atom. The molecule has 4 N–H and O–H groups in total. The lowest BCUT2D eigenvalue weighted by atomic mass is 10.1. The van der Waals surface area contributed by atoms with Crippen molar-refractivity contribution in [2.24, 2.45) is 10.9 Å². The summed E-state index contributed by atoms with van der Waals surface area (Å²) in [6, 6.07) is 8.21. The second kappa shape index (κ2) is 6.89. The van der Waals surface area contributed by atoms with Crippen LogP contribution in [-0.2, 0) is 6.54 Å². The predicted molar refractivity (Wildman–Crippen MR) is 83.5 cm³/mol. The van der Waals surface area contributed by atoms with Crippen LogP contribution < -0.4 is 11.1 Å². The number of hydrogen-bond acceptors (Lipinski definition) is 4. The van der Waals surface area contributed by atoms with Gasteiger partial charge < -0.3 is 16.3 Å². The summed E-state index contributed by atoms with van der Waals surface area (Å²) in [7, 11) is 0. The van der Waals surface area contributed by atoms with E-state index in [2.05, 4.69) is 10.5 Å². The molecule has 2 rings (SSSR count). The van der Waals surface area contributed by atoms with Crippen molar-refractivity contribution in [3.63, 3.8) is 0 Å². The van der Waals surface area contributed by atoms with Gasteiger partial charge in [-0.2, -0.15) is 0 Å². The lowest BCUT2D eigenvalue weighted by molar-refractivity contribution is 0.318. The maximum Gasteiger partial charge on any atom is 0.170 e. The third kappa shape index (κ3) is 4.17. The second-order valence-electron chi connectivity index (χ2n) is 4.58. The number of halogens is 2. The molecule has 0 radical (unpaired) electrons. The quantitative estimate of drug-likeness (QED) is 0.341. The van der Waals surface area contributed by atoms with Crippen LogP contribution in [0.2, 0.25) is 4.34 Å². The summed E-state index contributed by atoms with van der Waals surface area (Å²) in [6.45, 7) is 2.46. The molecule has 0 saturated carbocycles. The zero-order valence-electron chi connectivity index (χ0n) is 11.3. The summed E-state index contributed by atoms with van der Waals surface area (Å²) >= 11 is 7.41. The minimum absolute atomic E-state index is 0.0954. The molecule has 1 atom stereocenters. The van der Waals surface area contributed by atoms with Crippen molar-refractivity contribution in [1.82, 2.24) is 5.32 Å². The van der Waals surface area contributed by atoms with Crippen molar-refractivity contribution in [2.75, 3.05) is 0 Å². The van der Waals surface area contributed by atoms with Crippen LogP contribution in [0.15, 0.2) is 35.5 Å². The Balaban J connectivity index is 2.08. The van der Waals surface area contributed by atoms with Crippen LogP contribution >= 0.6 is 22.9 Å². The van der Waals surface area contributed by atoms with E-state index in [1.807, 2.05) is 19.1 Å². The molecular formula is C14H15ClFN3OS. The van der Waals surface area contributed by atoms with Crippen LogP contribution in [0.5, 0.6) is 0 Å². The standard InChI is InChI=1S/C14H15ClFN3OS/c1-8(12-2-3-13(15)21-12)18-7-9-4-10(14(17)19-20)6-11(16)5-9/h2-6,8,18,20H,7H2,1H3,(H2,17,19). The summed E-state index contributed by atoms with van der Waals surface area (Å²) < 4.78 is 14.3. The highest BCUT2D eigenvalue weighted by atomic mass is 35.5. The number of benzene rings is 1. The Morgan fingerprint density at radius 1 is 1.48 bits per heavy atom. The van der Waals surface area contributed by atoms with Crippen molar-refractivity contribution in [3.8, 4) is 0 Å². The highest BCUT2D eigenvalue weighted by Gasteiger charge is 2.09. The molecule has 7 heteroatoms. The molecule has 1 unspecified atom stereocenters. The Kier molecular flexibility index (Phi) is 5.17. The maximum absolute atomic E-state index is 13.5. The van der Waals surface area contributed by atoms with E-state index in [4.69, 9.17) is 22.5 Å². The van der Waals surface area contributed by atoms with E-state index < -0.39 is 5.82 Å². The third-order valence-corrected chi connectivity index (χ3v) is 4.41. The van der Waals surface area contributed by atoms with Gasteiger partial charge in [-0.1, -0.05) is 16.8 Å². The van der Waals surface area contributed by atoms with Crippen LogP contribution in [0, 0.1) is 5.82 Å². The molecule has 0 saturated heterocycles. The normalized spacial score (nSPS) is 13.4. The molecule has 0 aliphatic carbocycles. The largest absolute Gasteiger partial charge is 0.409 e. The monoisotopic (exact) mass is 327 g/mol. The second-order valence-corrected chi connectivity index (χ2v) is 6.32. The number of oxime groups is 1. The Morgan fingerprint density at radius 3 is 2.86 bits per heavy atom. The van der Waals surface area contributed by atoms with Crippen molar-refractivity contribution >= 4 is 28.8 Å². The first-order chi connectivity index (χ1) is 9.99. The lowest BCUT2D eigenvalue weighted by Gasteiger charge is -2.13. The van der Waals surface area contributed by atoms with E-state index in [-0.39, 0.29) is 11.9 Å². The minimum Gasteiger partial charge on any atom is -0.409 e. The minimum atomic E-state index is -0.428. The first kappa shape index (κ1) is 15.8. The number of nitrogens with one attached hydrogen (secondary N) is 1. The topological polar surface area (TPSA) is 70.6 Å². The van der Waals surface area contributed by atoms with Crippen LogP contribution in [0.3, 0.4) is 0 Å². The molecule has 1 heterocycles. The van der Waals surface area contributed by atoms with Crippen LogP contribution in [0.25, 0.3) is 0 Å². The summed E-state index contributed by atoms with van der Waals surface area (Å²) in [5.41, 5.74) is 6.54. The van der Waals surface area contributed by atoms with Gasteiger partial charge >= 0.3 is 0 Å². The summed E-state index contributed by atoms with van der Waals surface area (Å²) in [6.07, 6.45) is 0. The fourth-order valence-electron chi connectivity index (χ4n) is 1.89. The smallest absolute Gasteiger partial charge is 0.170 e. The number of thiophene rings is 1. The average molecular weight is 328 g/mol. The van der Waals surface area contributed by atoms with Gasteiger partial charge in [-0.05, 0) is 42.8 Å². The summed E-state index contributed by atoms with van der Waals surface area (Å²) in [4.78, 5) is 1.10. The van der Waals surface area contributed by atoms with Crippen molar-refractivity contribution in [1.29, 1.82) is 0 Å². The Labute approximate surface area is 131 Å². The number of rotatable bonds is 5. The van der Waals surface area contributed by atoms with E-state index in [1.54, 1.807) is 6.07 Å². The molecule has 0 spiro atoms. The van der Waals surface area contributed by atoms with E-state index in [1.165, 1.54) is 23.5 Å². The highest BCUT2D eigenvalue weighted by Crippen LogP contribution is 2.26. The first-order valence-electron chi connectivity index (χ1n) is 6.25. The van der Waals surface area contributed by atoms with Crippen molar-refractivity contribution in [2.45, 2.75) is 19.5 Å². The molecule has 0 fully saturated rings. The fourth-order valence-corrected chi connectivity index (χ4v) is 2.98. The van der Waals surface area contributed by atoms with E-state index in [9.17, 15) is 4.39 Å². The van der Waals surface area contributed by atoms with Gasteiger partial charge in [0, 0.05) is 23.0 Å². The highest BCUT2D eigenvalue weighted by molar-refractivity contribution is 7.16. The molecule has 112 valence electrons. The van der Waals surface area contributed by atoms with Gasteiger partial charge in [0.1, 0.15) is 5.82 Å². The number of hydrogen-bond donors (Lipinski definition) is 3. The fraction of sp³-hybridized carbons (Fsp3) is 0.214. The van der Waals surface area contributed by atoms with Gasteiger partial charge in [0.25, 0.3) is 0 Å². The van der Waals surface area contributed by atoms with Crippen molar-refractivity contribution < 1.29 is 9.60 Å². The Bertz CT molecular complexity index is 659. The number of nitrogens with two attached hydrogens (primary N) is 1. The predicted octanol–water partition coefficient (Wildman–Crippen LogP) is 3.49. The molecule has 0 aliphatic heterocycles. The summed E-state index contributed by atoms with van der Waals surface area (Å²) in [5.74, 6) is -0.545. The van der Waals surface area contributed by atoms with E-state index in [0.717, 1.165) is 9.21 Å². The SMILES string of the molecule is CC(NCc1cc(F)cc(/C(N)=N/O)c1)c1ccc(Cl)s1. The molecule has 1 aromatic heterocycles. The van der Waals surface area contributed by atoms with Gasteiger partial charge in [-0.15, -0.1) is 11.3 Å². The first-order valence-corrected chi connectivity index (χ1v) is 7.45. The van der Waals surface area contributed by atoms with Crippen LogP contribution in [0.1, 0.15) is 29.0 Å². The molecule has 2 aromatic rings. The number of nitrogens with zero attached hydrogens (tertiary/aromatic N) is 1. The molecule has 0 amide bonds. The zero-order chi connectivity index (χ0) is 15.4. The Hall–Kier alpha value is -1.63. The lowest BCUT2D eigenvalue weighted by Crippen LogP contribution is -2.18. The van der Waals surface area contributed by atoms with Gasteiger partial charge in [-0.25, -0.2) is 4.39 Å². The number of amidine groups is 1. The molecule has 0 bridgehead atoms. The third-order valence-electron chi connectivity index (χ3n) is 2.99. The van der Waals surface area contributed by atoms with Crippen LogP contribution in [0.4, 0.5) is 4.39 Å². The molecule has 1 aromatic carbocycles. The van der Waals surface area contributed by atoms with Crippen molar-refractivity contribution in [3.05, 3.63) is 56.5 Å². The van der Waals surface area contributed by atoms with Crippen LogP contribution in [-0.4, -0.2) is 11.0 Å². The van der Waals surface area contributed by atoms with E-state index in [0.29, 0.717) is 17.7 Å². The molecular weight excluding hydrogens is 313 g/mol. The molecule has 4 nitrogen and oxygen atoms in total. The maximum atomic E-state index is 13.5. The summed E-state index contributed by atoms with van der Waals surface area (Å²) in [5, 5.41) is 14.8. The molecule has 21 heavy (non-hydrogen) atoms. The van der Waals surface area contributed by atoms with Gasteiger partial charge in [0.05, 0.1) is 4.34 Å². The van der Waals surface area contributed by atoms with E-state index >= 15 is 0 Å². The van der Waals surface area contributed by atoms with Gasteiger partial charge in [0.15, 0.2) is 5.84 Å². The molecule has 0 aliphatic rings. The van der Waals surface area contributed by atoms with Gasteiger partial charge in [-0.3, -0.25) is 0 Å². The van der Waals surface area contributed by atoms with Gasteiger partial charge in [0.2, 0.25) is 0 Å².